The van der Waals surface area contributed by atoms with Crippen LogP contribution in [-0.4, -0.2) is 34.5 Å². The molecule has 0 aliphatic heterocycles. The lowest BCUT2D eigenvalue weighted by Crippen LogP contribution is -2.16. The normalized spacial score (nSPS) is 11.1. The van der Waals surface area contributed by atoms with Crippen molar-refractivity contribution < 1.29 is 14.3 Å². The lowest BCUT2D eigenvalue weighted by Gasteiger charge is -2.17. The Kier molecular flexibility index (Phi) is 5.18. The molecule has 0 spiro atoms. The van der Waals surface area contributed by atoms with Crippen LogP contribution in [0.1, 0.15) is 36.3 Å². The molecular weight excluding hydrogens is 358 g/mol. The predicted octanol–water partition coefficient (Wildman–Crippen LogP) is 3.19. The smallest absolute Gasteiger partial charge is 0.262 e. The van der Waals surface area contributed by atoms with E-state index in [0.717, 1.165) is 5.69 Å². The summed E-state index contributed by atoms with van der Waals surface area (Å²) >= 11 is 0. The number of carbonyl (C=O) groups excluding carboxylic acids is 1. The Morgan fingerprint density at radius 3 is 2.71 bits per heavy atom. The monoisotopic (exact) mass is 379 g/mol. The number of nitrogens with one attached hydrogen (secondary N) is 1. The second kappa shape index (κ2) is 7.56. The van der Waals surface area contributed by atoms with Gasteiger partial charge in [0.05, 0.1) is 31.5 Å². The molecule has 8 nitrogen and oxygen atoms in total. The Balaban J connectivity index is 1.97. The van der Waals surface area contributed by atoms with E-state index in [1.165, 1.54) is 14.2 Å². The van der Waals surface area contributed by atoms with Gasteiger partial charge >= 0.3 is 0 Å². The quantitative estimate of drug-likeness (QED) is 0.706. The van der Waals surface area contributed by atoms with Gasteiger partial charge in [0.25, 0.3) is 5.91 Å². The summed E-state index contributed by atoms with van der Waals surface area (Å²) in [5, 5.41) is 11.8. The largest absolute Gasteiger partial charge is 0.496 e. The van der Waals surface area contributed by atoms with Gasteiger partial charge in [0, 0.05) is 36.4 Å². The van der Waals surface area contributed by atoms with Crippen LogP contribution in [0.2, 0.25) is 0 Å². The molecular formula is C20H21N5O3. The first-order chi connectivity index (χ1) is 13.4. The van der Waals surface area contributed by atoms with Crippen LogP contribution < -0.4 is 14.8 Å². The van der Waals surface area contributed by atoms with E-state index in [-0.39, 0.29) is 5.91 Å². The molecule has 3 aromatic rings. The minimum absolute atomic E-state index is 0.335. The Morgan fingerprint density at radius 2 is 2.04 bits per heavy atom. The van der Waals surface area contributed by atoms with Crippen LogP contribution in [0.3, 0.4) is 0 Å². The maximum Gasteiger partial charge on any atom is 0.262 e. The van der Waals surface area contributed by atoms with Gasteiger partial charge in [-0.05, 0) is 6.07 Å². The van der Waals surface area contributed by atoms with Crippen LogP contribution in [0.25, 0.3) is 5.65 Å². The third kappa shape index (κ3) is 3.74. The van der Waals surface area contributed by atoms with Crippen LogP contribution in [0, 0.1) is 11.3 Å². The lowest BCUT2D eigenvalue weighted by molar-refractivity contribution is 0.102. The first kappa shape index (κ1) is 19.2. The molecule has 0 saturated heterocycles. The van der Waals surface area contributed by atoms with Gasteiger partial charge in [-0.2, -0.15) is 10.2 Å². The maximum atomic E-state index is 12.8. The fourth-order valence-corrected chi connectivity index (χ4v) is 2.75. The zero-order valence-corrected chi connectivity index (χ0v) is 16.2. The molecule has 0 saturated carbocycles. The highest BCUT2D eigenvalue weighted by Crippen LogP contribution is 2.28. The number of nitriles is 1. The molecule has 0 radical (unpaired) electrons. The minimum Gasteiger partial charge on any atom is -0.496 e. The summed E-state index contributed by atoms with van der Waals surface area (Å²) in [5.74, 6) is 0.793. The van der Waals surface area contributed by atoms with Crippen molar-refractivity contribution in [2.24, 2.45) is 0 Å². The molecule has 0 aliphatic rings. The number of amides is 1. The number of hydrogen-bond acceptors (Lipinski definition) is 6. The van der Waals surface area contributed by atoms with Crippen molar-refractivity contribution in [2.45, 2.75) is 25.7 Å². The highest BCUT2D eigenvalue weighted by molar-refractivity contribution is 6.05. The van der Waals surface area contributed by atoms with Crippen LogP contribution in [-0.2, 0) is 5.41 Å². The van der Waals surface area contributed by atoms with Gasteiger partial charge in [0.1, 0.15) is 17.2 Å². The standard InChI is InChI=1S/C20H21N5O3/c1-20(2,8-9-21)15-12-25-11-13(14(27-3)10-17(25)22-15)19(26)24-16-6-5-7-18(23-16)28-4/h5-7,10-12H,8H2,1-4H3,(H,23,24,26). The van der Waals surface area contributed by atoms with Gasteiger partial charge in [-0.25, -0.2) is 4.98 Å². The van der Waals surface area contributed by atoms with E-state index in [4.69, 9.17) is 14.7 Å². The first-order valence-corrected chi connectivity index (χ1v) is 8.64. The van der Waals surface area contributed by atoms with Crippen molar-refractivity contribution in [1.29, 1.82) is 5.26 Å². The van der Waals surface area contributed by atoms with Gasteiger partial charge in [-0.3, -0.25) is 4.79 Å². The number of rotatable bonds is 6. The number of hydrogen-bond donors (Lipinski definition) is 1. The number of anilines is 1. The molecule has 0 unspecified atom stereocenters. The predicted molar refractivity (Wildman–Crippen MR) is 104 cm³/mol. The number of methoxy groups -OCH3 is 2. The second-order valence-corrected chi connectivity index (χ2v) is 6.89. The van der Waals surface area contributed by atoms with Crippen LogP contribution in [0.4, 0.5) is 5.82 Å². The molecule has 1 amide bonds. The number of carbonyl (C=O) groups is 1. The first-order valence-electron chi connectivity index (χ1n) is 8.64. The van der Waals surface area contributed by atoms with Gasteiger partial charge < -0.3 is 19.2 Å². The number of fused-ring (bicyclic) bond motifs is 1. The van der Waals surface area contributed by atoms with Crippen LogP contribution >= 0.6 is 0 Å². The molecule has 1 N–H and O–H groups in total. The average Bonchev–Trinajstić information content (AvgIpc) is 3.11. The van der Waals surface area contributed by atoms with E-state index in [2.05, 4.69) is 21.4 Å². The Morgan fingerprint density at radius 1 is 1.25 bits per heavy atom. The summed E-state index contributed by atoms with van der Waals surface area (Å²) < 4.78 is 12.2. The van der Waals surface area contributed by atoms with Crippen molar-refractivity contribution in [3.63, 3.8) is 0 Å². The lowest BCUT2D eigenvalue weighted by atomic mass is 9.87. The van der Waals surface area contributed by atoms with Crippen molar-refractivity contribution in [1.82, 2.24) is 14.4 Å². The van der Waals surface area contributed by atoms with Crippen molar-refractivity contribution in [3.05, 3.63) is 47.9 Å². The number of pyridine rings is 2. The van der Waals surface area contributed by atoms with E-state index in [1.807, 2.05) is 20.0 Å². The molecule has 0 atom stereocenters. The van der Waals surface area contributed by atoms with Gasteiger partial charge in [0.15, 0.2) is 0 Å². The van der Waals surface area contributed by atoms with E-state index in [0.29, 0.717) is 35.1 Å². The highest BCUT2D eigenvalue weighted by atomic mass is 16.5. The number of aromatic nitrogens is 3. The summed E-state index contributed by atoms with van der Waals surface area (Å²) in [6.07, 6.45) is 3.82. The average molecular weight is 379 g/mol. The molecule has 8 heteroatoms. The van der Waals surface area contributed by atoms with Crippen LogP contribution in [0.15, 0.2) is 36.7 Å². The van der Waals surface area contributed by atoms with Gasteiger partial charge in [-0.1, -0.05) is 19.9 Å². The van der Waals surface area contributed by atoms with E-state index in [9.17, 15) is 4.79 Å². The topological polar surface area (TPSA) is 102 Å². The number of nitrogens with zero attached hydrogens (tertiary/aromatic N) is 4. The van der Waals surface area contributed by atoms with Crippen molar-refractivity contribution in [3.8, 4) is 17.7 Å². The second-order valence-electron chi connectivity index (χ2n) is 6.89. The SMILES string of the molecule is COc1cccc(NC(=O)c2cn3cc(C(C)(C)CC#N)nc3cc2OC)n1. The molecule has 3 rings (SSSR count). The fourth-order valence-electron chi connectivity index (χ4n) is 2.75. The Labute approximate surface area is 162 Å². The molecule has 0 aliphatic carbocycles. The number of ether oxygens (including phenoxy) is 2. The minimum atomic E-state index is -0.402. The summed E-state index contributed by atoms with van der Waals surface area (Å²) in [5.41, 5.74) is 1.33. The van der Waals surface area contributed by atoms with Crippen LogP contribution in [0.5, 0.6) is 11.6 Å². The molecule has 3 heterocycles. The van der Waals surface area contributed by atoms with Crippen molar-refractivity contribution >= 4 is 17.4 Å². The Bertz CT molecular complexity index is 1070. The third-order valence-electron chi connectivity index (χ3n) is 4.41. The summed E-state index contributed by atoms with van der Waals surface area (Å²) in [6.45, 7) is 3.91. The van der Waals surface area contributed by atoms with E-state index < -0.39 is 5.41 Å². The van der Waals surface area contributed by atoms with E-state index >= 15 is 0 Å². The van der Waals surface area contributed by atoms with Gasteiger partial charge in [0.2, 0.25) is 5.88 Å². The highest BCUT2D eigenvalue weighted by Gasteiger charge is 2.25. The fraction of sp³-hybridized carbons (Fsp3) is 0.300. The molecule has 0 fully saturated rings. The molecule has 0 aromatic carbocycles. The third-order valence-corrected chi connectivity index (χ3v) is 4.41. The van der Waals surface area contributed by atoms with Gasteiger partial charge in [-0.15, -0.1) is 0 Å². The maximum absolute atomic E-state index is 12.8. The summed E-state index contributed by atoms with van der Waals surface area (Å²) in [6, 6.07) is 8.98. The Hall–Kier alpha value is -3.60. The molecule has 28 heavy (non-hydrogen) atoms. The molecule has 3 aromatic heterocycles. The zero-order chi connectivity index (χ0) is 20.3. The molecule has 144 valence electrons. The summed E-state index contributed by atoms with van der Waals surface area (Å²) in [4.78, 5) is 21.6. The van der Waals surface area contributed by atoms with E-state index in [1.54, 1.807) is 34.9 Å². The number of imidazole rings is 1. The summed E-state index contributed by atoms with van der Waals surface area (Å²) in [7, 11) is 3.01. The zero-order valence-electron chi connectivity index (χ0n) is 16.2. The van der Waals surface area contributed by atoms with Crippen molar-refractivity contribution in [2.75, 3.05) is 19.5 Å². The molecule has 0 bridgehead atoms.